The zero-order valence-corrected chi connectivity index (χ0v) is 20.2. The summed E-state index contributed by atoms with van der Waals surface area (Å²) in [7, 11) is 1.24. The number of benzene rings is 2. The second-order valence-corrected chi connectivity index (χ2v) is 8.58. The molecule has 0 spiro atoms. The lowest BCUT2D eigenvalue weighted by atomic mass is 10.0. The van der Waals surface area contributed by atoms with Crippen LogP contribution in [-0.2, 0) is 36.9 Å². The van der Waals surface area contributed by atoms with Crippen LogP contribution in [0, 0.1) is 0 Å². The summed E-state index contributed by atoms with van der Waals surface area (Å²) in [4.78, 5) is 43.2. The average Bonchev–Trinajstić information content (AvgIpc) is 3.27. The number of nitrogens with one attached hydrogen (secondary N) is 2. The number of alkyl carbamates (subject to hydrolysis) is 1. The van der Waals surface area contributed by atoms with Gasteiger partial charge in [-0.05, 0) is 27.1 Å². The van der Waals surface area contributed by atoms with E-state index in [0.29, 0.717) is 11.0 Å². The number of esters is 1. The molecule has 2 N–H and O–H groups in total. The van der Waals surface area contributed by atoms with E-state index in [4.69, 9.17) is 14.3 Å². The smallest absolute Gasteiger partial charge is 0.408 e. The summed E-state index contributed by atoms with van der Waals surface area (Å²) >= 11 is 3.25. The molecule has 2 aromatic carbocycles. The van der Waals surface area contributed by atoms with E-state index in [-0.39, 0.29) is 19.4 Å². The molecular formula is C24H26BrN3O6. The van der Waals surface area contributed by atoms with Gasteiger partial charge in [0.2, 0.25) is 5.91 Å². The van der Waals surface area contributed by atoms with Crippen LogP contribution < -0.4 is 10.6 Å². The first-order chi connectivity index (χ1) is 16.4. The Balaban J connectivity index is 1.66. The number of methoxy groups -OCH3 is 1. The first-order valence-electron chi connectivity index (χ1n) is 10.7. The molecule has 2 amide bonds. The second kappa shape index (κ2) is 12.7. The Labute approximate surface area is 206 Å². The molecule has 180 valence electrons. The lowest BCUT2D eigenvalue weighted by Gasteiger charge is -2.23. The van der Waals surface area contributed by atoms with E-state index < -0.39 is 36.2 Å². The highest BCUT2D eigenvalue weighted by atomic mass is 79.9. The summed E-state index contributed by atoms with van der Waals surface area (Å²) in [6.45, 7) is 0.0605. The Kier molecular flexibility index (Phi) is 9.45. The Morgan fingerprint density at radius 1 is 1.03 bits per heavy atom. The van der Waals surface area contributed by atoms with Crippen molar-refractivity contribution >= 4 is 38.5 Å². The lowest BCUT2D eigenvalue weighted by Crippen LogP contribution is -2.53. The first kappa shape index (κ1) is 25.2. The fourth-order valence-electron chi connectivity index (χ4n) is 3.38. The molecule has 0 saturated carbocycles. The molecule has 1 aliphatic heterocycles. The van der Waals surface area contributed by atoms with E-state index in [0.717, 1.165) is 11.1 Å². The third-order valence-electron chi connectivity index (χ3n) is 5.10. The molecule has 1 heterocycles. The van der Waals surface area contributed by atoms with Crippen LogP contribution in [0.1, 0.15) is 24.0 Å². The summed E-state index contributed by atoms with van der Waals surface area (Å²) < 4.78 is 10.7. The third-order valence-corrected chi connectivity index (χ3v) is 5.57. The number of carbonyl (C=O) groups excluding carboxylic acids is 3. The fourth-order valence-corrected chi connectivity index (χ4v) is 3.82. The Bertz CT molecular complexity index is 1000. The average molecular weight is 532 g/mol. The minimum Gasteiger partial charge on any atom is -0.467 e. The number of amides is 2. The van der Waals surface area contributed by atoms with Crippen LogP contribution in [0.2, 0.25) is 0 Å². The van der Waals surface area contributed by atoms with Gasteiger partial charge in [0.05, 0.1) is 7.11 Å². The minimum absolute atomic E-state index is 0.0605. The molecular weight excluding hydrogens is 506 g/mol. The monoisotopic (exact) mass is 531 g/mol. The first-order valence-corrected chi connectivity index (χ1v) is 11.5. The topological polar surface area (TPSA) is 115 Å². The summed E-state index contributed by atoms with van der Waals surface area (Å²) in [5.74, 6) is -1.17. The van der Waals surface area contributed by atoms with Crippen LogP contribution in [0.5, 0.6) is 0 Å². The van der Waals surface area contributed by atoms with Gasteiger partial charge in [-0.25, -0.2) is 9.59 Å². The fraction of sp³-hybridized carbons (Fsp3) is 0.333. The molecule has 3 rings (SSSR count). The zero-order valence-electron chi connectivity index (χ0n) is 18.6. The van der Waals surface area contributed by atoms with Crippen molar-refractivity contribution in [2.75, 3.05) is 7.11 Å². The van der Waals surface area contributed by atoms with Crippen molar-refractivity contribution in [1.82, 2.24) is 10.6 Å². The molecule has 0 aliphatic carbocycles. The van der Waals surface area contributed by atoms with E-state index >= 15 is 0 Å². The largest absolute Gasteiger partial charge is 0.467 e. The van der Waals surface area contributed by atoms with Crippen LogP contribution in [0.25, 0.3) is 0 Å². The maximum absolute atomic E-state index is 13.2. The molecule has 0 fully saturated rings. The van der Waals surface area contributed by atoms with E-state index in [1.165, 1.54) is 7.11 Å². The van der Waals surface area contributed by atoms with Crippen LogP contribution in [0.3, 0.4) is 0 Å². The molecule has 2 aromatic rings. The van der Waals surface area contributed by atoms with E-state index in [9.17, 15) is 14.4 Å². The SMILES string of the molecule is COC(=O)C(CC1CC(Br)=NO1)NC(=O)C(Cc1ccccc1)NC(=O)OCc1ccccc1. The maximum atomic E-state index is 13.2. The quantitative estimate of drug-likeness (QED) is 0.455. The van der Waals surface area contributed by atoms with Crippen molar-refractivity contribution < 1.29 is 28.7 Å². The van der Waals surface area contributed by atoms with Crippen molar-refractivity contribution in [2.45, 2.75) is 44.1 Å². The summed E-state index contributed by atoms with van der Waals surface area (Å²) in [6, 6.07) is 16.5. The van der Waals surface area contributed by atoms with E-state index in [1.54, 1.807) is 0 Å². The van der Waals surface area contributed by atoms with Gasteiger partial charge in [0, 0.05) is 19.3 Å². The van der Waals surface area contributed by atoms with Gasteiger partial charge >= 0.3 is 12.1 Å². The normalized spacial score (nSPS) is 16.4. The van der Waals surface area contributed by atoms with E-state index in [2.05, 4.69) is 31.7 Å². The van der Waals surface area contributed by atoms with Crippen LogP contribution in [0.15, 0.2) is 65.8 Å². The highest BCUT2D eigenvalue weighted by Crippen LogP contribution is 2.19. The zero-order chi connectivity index (χ0) is 24.3. The number of carbonyl (C=O) groups is 3. The van der Waals surface area contributed by atoms with Crippen LogP contribution in [-0.4, -0.2) is 47.9 Å². The van der Waals surface area contributed by atoms with Crippen molar-refractivity contribution in [2.24, 2.45) is 5.16 Å². The van der Waals surface area contributed by atoms with Gasteiger partial charge in [0.15, 0.2) is 0 Å². The highest BCUT2D eigenvalue weighted by Gasteiger charge is 2.32. The molecule has 3 atom stereocenters. The van der Waals surface area contributed by atoms with Crippen molar-refractivity contribution in [3.8, 4) is 0 Å². The summed E-state index contributed by atoms with van der Waals surface area (Å²) in [6.07, 6.45) is -0.301. The molecule has 3 unspecified atom stereocenters. The predicted octanol–water partition coefficient (Wildman–Crippen LogP) is 3.07. The van der Waals surface area contributed by atoms with Crippen LogP contribution >= 0.6 is 15.9 Å². The van der Waals surface area contributed by atoms with Crippen molar-refractivity contribution in [3.05, 3.63) is 71.8 Å². The maximum Gasteiger partial charge on any atom is 0.408 e. The number of oxime groups is 1. The van der Waals surface area contributed by atoms with Gasteiger partial charge in [-0.15, -0.1) is 0 Å². The van der Waals surface area contributed by atoms with Crippen molar-refractivity contribution in [1.29, 1.82) is 0 Å². The van der Waals surface area contributed by atoms with Crippen molar-refractivity contribution in [3.63, 3.8) is 0 Å². The van der Waals surface area contributed by atoms with Crippen LogP contribution in [0.4, 0.5) is 4.79 Å². The lowest BCUT2D eigenvalue weighted by molar-refractivity contribution is -0.146. The van der Waals surface area contributed by atoms with Gasteiger partial charge in [-0.2, -0.15) is 0 Å². The number of nitrogens with zero attached hydrogens (tertiary/aromatic N) is 1. The van der Waals surface area contributed by atoms with Gasteiger partial charge < -0.3 is 24.9 Å². The summed E-state index contributed by atoms with van der Waals surface area (Å²) in [5.41, 5.74) is 1.65. The Hall–Kier alpha value is -3.40. The van der Waals surface area contributed by atoms with Gasteiger partial charge in [0.25, 0.3) is 0 Å². The Morgan fingerprint density at radius 3 is 2.26 bits per heavy atom. The highest BCUT2D eigenvalue weighted by molar-refractivity contribution is 9.18. The Morgan fingerprint density at radius 2 is 1.68 bits per heavy atom. The number of hydrogen-bond acceptors (Lipinski definition) is 7. The number of hydrogen-bond donors (Lipinski definition) is 2. The molecule has 1 aliphatic rings. The molecule has 0 radical (unpaired) electrons. The predicted molar refractivity (Wildman–Crippen MR) is 128 cm³/mol. The standard InChI is InChI=1S/C24H26BrN3O6/c1-32-23(30)20(13-18-14-21(25)28-34-18)26-22(29)19(12-16-8-4-2-5-9-16)27-24(31)33-15-17-10-6-3-7-11-17/h2-11,18-20H,12-15H2,1H3,(H,26,29)(H,27,31). The molecule has 0 bridgehead atoms. The third kappa shape index (κ3) is 7.87. The minimum atomic E-state index is -0.981. The van der Waals surface area contributed by atoms with Gasteiger partial charge in [-0.3, -0.25) is 4.79 Å². The number of ether oxygens (including phenoxy) is 2. The second-order valence-electron chi connectivity index (χ2n) is 7.67. The van der Waals surface area contributed by atoms with Gasteiger partial charge in [-0.1, -0.05) is 65.8 Å². The number of rotatable bonds is 10. The molecule has 10 heteroatoms. The van der Waals surface area contributed by atoms with E-state index in [1.807, 2.05) is 60.7 Å². The molecule has 0 aromatic heterocycles. The number of halogens is 1. The molecule has 9 nitrogen and oxygen atoms in total. The van der Waals surface area contributed by atoms with Gasteiger partial charge in [0.1, 0.15) is 29.4 Å². The molecule has 34 heavy (non-hydrogen) atoms. The summed E-state index contributed by atoms with van der Waals surface area (Å²) in [5, 5.41) is 9.10. The molecule has 0 saturated heterocycles.